The third-order valence-electron chi connectivity index (χ3n) is 2.69. The molecule has 0 aliphatic heterocycles. The fourth-order valence-corrected chi connectivity index (χ4v) is 1.85. The van der Waals surface area contributed by atoms with Crippen LogP contribution in [0.25, 0.3) is 0 Å². The van der Waals surface area contributed by atoms with Crippen LogP contribution < -0.4 is 4.90 Å². The minimum atomic E-state index is 0.0830. The zero-order chi connectivity index (χ0) is 12.3. The maximum Gasteiger partial charge on any atom is 0.161 e. The van der Waals surface area contributed by atoms with Crippen LogP contribution in [0.15, 0.2) is 47.3 Å². The maximum absolute atomic E-state index is 11.5. The van der Waals surface area contributed by atoms with Gasteiger partial charge in [0.25, 0.3) is 0 Å². The van der Waals surface area contributed by atoms with Gasteiger partial charge in [-0.05, 0) is 25.1 Å². The quantitative estimate of drug-likeness (QED) is 0.755. The number of carbonyl (C=O) groups is 1. The van der Waals surface area contributed by atoms with E-state index in [1.165, 1.54) is 0 Å². The van der Waals surface area contributed by atoms with Gasteiger partial charge in [0.05, 0.1) is 12.5 Å². The highest BCUT2D eigenvalue weighted by Gasteiger charge is 2.10. The van der Waals surface area contributed by atoms with E-state index in [1.54, 1.807) is 19.5 Å². The third kappa shape index (κ3) is 2.56. The normalized spacial score (nSPS) is 10.2. The lowest BCUT2D eigenvalue weighted by Crippen LogP contribution is -2.18. The van der Waals surface area contributed by atoms with E-state index in [4.69, 9.17) is 4.42 Å². The SMILES string of the molecule is CC(=O)c1ccccc1N(C)Cc1ccoc1. The average Bonchev–Trinajstić information content (AvgIpc) is 2.81. The number of nitrogens with zero attached hydrogens (tertiary/aromatic N) is 1. The molecule has 0 aliphatic carbocycles. The van der Waals surface area contributed by atoms with Gasteiger partial charge < -0.3 is 9.32 Å². The molecular formula is C14H15NO2. The number of rotatable bonds is 4. The van der Waals surface area contributed by atoms with E-state index in [-0.39, 0.29) is 5.78 Å². The Morgan fingerprint density at radius 1 is 1.29 bits per heavy atom. The number of hydrogen-bond donors (Lipinski definition) is 0. The molecule has 2 rings (SSSR count). The number of Topliss-reactive ketones (excluding diaryl/α,β-unsaturated/α-hetero) is 1. The van der Waals surface area contributed by atoms with E-state index in [9.17, 15) is 4.79 Å². The van der Waals surface area contributed by atoms with Gasteiger partial charge in [-0.3, -0.25) is 4.79 Å². The Bertz CT molecular complexity index is 503. The van der Waals surface area contributed by atoms with E-state index in [0.717, 1.165) is 23.4 Å². The standard InChI is InChI=1S/C14H15NO2/c1-11(16)13-5-3-4-6-14(13)15(2)9-12-7-8-17-10-12/h3-8,10H,9H2,1-2H3. The lowest BCUT2D eigenvalue weighted by molar-refractivity contribution is 0.101. The highest BCUT2D eigenvalue weighted by Crippen LogP contribution is 2.21. The van der Waals surface area contributed by atoms with Gasteiger partial charge in [0.15, 0.2) is 5.78 Å². The molecule has 0 radical (unpaired) electrons. The van der Waals surface area contributed by atoms with Gasteiger partial charge in [-0.2, -0.15) is 0 Å². The van der Waals surface area contributed by atoms with Crippen LogP contribution in [0.1, 0.15) is 22.8 Å². The van der Waals surface area contributed by atoms with E-state index in [1.807, 2.05) is 42.3 Å². The van der Waals surface area contributed by atoms with Crippen LogP contribution in [0.4, 0.5) is 5.69 Å². The molecule has 0 saturated heterocycles. The Labute approximate surface area is 101 Å². The Kier molecular flexibility index (Phi) is 3.28. The summed E-state index contributed by atoms with van der Waals surface area (Å²) in [7, 11) is 1.97. The molecule has 1 heterocycles. The van der Waals surface area contributed by atoms with Crippen LogP contribution in [-0.4, -0.2) is 12.8 Å². The number of furan rings is 1. The Morgan fingerprint density at radius 3 is 2.71 bits per heavy atom. The van der Waals surface area contributed by atoms with Gasteiger partial charge >= 0.3 is 0 Å². The fraction of sp³-hybridized carbons (Fsp3) is 0.214. The lowest BCUT2D eigenvalue weighted by atomic mass is 10.1. The van der Waals surface area contributed by atoms with Crippen LogP contribution in [0, 0.1) is 0 Å². The predicted molar refractivity (Wildman–Crippen MR) is 67.3 cm³/mol. The summed E-state index contributed by atoms with van der Waals surface area (Å²) < 4.78 is 5.04. The highest BCUT2D eigenvalue weighted by molar-refractivity contribution is 5.99. The average molecular weight is 229 g/mol. The summed E-state index contributed by atoms with van der Waals surface area (Å²) in [6, 6.07) is 9.55. The van der Waals surface area contributed by atoms with Crippen molar-refractivity contribution < 1.29 is 9.21 Å². The number of hydrogen-bond acceptors (Lipinski definition) is 3. The molecule has 0 amide bonds. The first-order valence-corrected chi connectivity index (χ1v) is 5.50. The number of benzene rings is 1. The first-order chi connectivity index (χ1) is 8.18. The molecule has 0 atom stereocenters. The molecule has 3 heteroatoms. The molecule has 0 aliphatic rings. The van der Waals surface area contributed by atoms with Crippen molar-refractivity contribution in [1.82, 2.24) is 0 Å². The second kappa shape index (κ2) is 4.87. The minimum Gasteiger partial charge on any atom is -0.472 e. The second-order valence-corrected chi connectivity index (χ2v) is 4.06. The molecule has 88 valence electrons. The molecular weight excluding hydrogens is 214 g/mol. The summed E-state index contributed by atoms with van der Waals surface area (Å²) in [5.41, 5.74) is 2.78. The summed E-state index contributed by atoms with van der Waals surface area (Å²) in [6.07, 6.45) is 3.37. The molecule has 0 spiro atoms. The van der Waals surface area contributed by atoms with Crippen LogP contribution in [0.3, 0.4) is 0 Å². The van der Waals surface area contributed by atoms with Crippen molar-refractivity contribution in [3.05, 3.63) is 54.0 Å². The summed E-state index contributed by atoms with van der Waals surface area (Å²) in [4.78, 5) is 13.6. The van der Waals surface area contributed by atoms with Crippen molar-refractivity contribution in [3.63, 3.8) is 0 Å². The van der Waals surface area contributed by atoms with Crippen molar-refractivity contribution in [2.75, 3.05) is 11.9 Å². The summed E-state index contributed by atoms with van der Waals surface area (Å²) >= 11 is 0. The lowest BCUT2D eigenvalue weighted by Gasteiger charge is -2.20. The summed E-state index contributed by atoms with van der Waals surface area (Å²) in [5, 5.41) is 0. The molecule has 1 aromatic carbocycles. The second-order valence-electron chi connectivity index (χ2n) is 4.06. The fourth-order valence-electron chi connectivity index (χ4n) is 1.85. The molecule has 0 fully saturated rings. The largest absolute Gasteiger partial charge is 0.472 e. The van der Waals surface area contributed by atoms with E-state index in [0.29, 0.717) is 0 Å². The molecule has 0 saturated carbocycles. The minimum absolute atomic E-state index is 0.0830. The summed E-state index contributed by atoms with van der Waals surface area (Å²) in [6.45, 7) is 2.31. The smallest absolute Gasteiger partial charge is 0.161 e. The van der Waals surface area contributed by atoms with Crippen molar-refractivity contribution in [1.29, 1.82) is 0 Å². The van der Waals surface area contributed by atoms with E-state index in [2.05, 4.69) is 0 Å². The number of ketones is 1. The molecule has 17 heavy (non-hydrogen) atoms. The van der Waals surface area contributed by atoms with Crippen LogP contribution in [-0.2, 0) is 6.54 Å². The molecule has 0 bridgehead atoms. The van der Waals surface area contributed by atoms with Gasteiger partial charge in [0.2, 0.25) is 0 Å². The summed E-state index contributed by atoms with van der Waals surface area (Å²) in [5.74, 6) is 0.0830. The van der Waals surface area contributed by atoms with Crippen LogP contribution >= 0.6 is 0 Å². The first-order valence-electron chi connectivity index (χ1n) is 5.50. The van der Waals surface area contributed by atoms with Crippen LogP contribution in [0.2, 0.25) is 0 Å². The van der Waals surface area contributed by atoms with Crippen LogP contribution in [0.5, 0.6) is 0 Å². The van der Waals surface area contributed by atoms with Gasteiger partial charge in [-0.15, -0.1) is 0 Å². The zero-order valence-corrected chi connectivity index (χ0v) is 10.0. The van der Waals surface area contributed by atoms with Crippen molar-refractivity contribution >= 4 is 11.5 Å². The first kappa shape index (κ1) is 11.5. The number of carbonyl (C=O) groups excluding carboxylic acids is 1. The van der Waals surface area contributed by atoms with E-state index < -0.39 is 0 Å². The Hall–Kier alpha value is -2.03. The Balaban J connectivity index is 2.24. The van der Waals surface area contributed by atoms with Crippen molar-refractivity contribution in [2.24, 2.45) is 0 Å². The van der Waals surface area contributed by atoms with Crippen molar-refractivity contribution in [2.45, 2.75) is 13.5 Å². The Morgan fingerprint density at radius 2 is 2.06 bits per heavy atom. The molecule has 1 aromatic heterocycles. The van der Waals surface area contributed by atoms with Crippen molar-refractivity contribution in [3.8, 4) is 0 Å². The number of anilines is 1. The topological polar surface area (TPSA) is 33.5 Å². The third-order valence-corrected chi connectivity index (χ3v) is 2.69. The monoisotopic (exact) mass is 229 g/mol. The molecule has 0 N–H and O–H groups in total. The number of para-hydroxylation sites is 1. The molecule has 2 aromatic rings. The van der Waals surface area contributed by atoms with Gasteiger partial charge in [0, 0.05) is 30.4 Å². The van der Waals surface area contributed by atoms with E-state index >= 15 is 0 Å². The van der Waals surface area contributed by atoms with Gasteiger partial charge in [-0.1, -0.05) is 12.1 Å². The molecule has 0 unspecified atom stereocenters. The molecule has 3 nitrogen and oxygen atoms in total. The zero-order valence-electron chi connectivity index (χ0n) is 10.0. The highest BCUT2D eigenvalue weighted by atomic mass is 16.3. The maximum atomic E-state index is 11.5. The predicted octanol–water partition coefficient (Wildman–Crippen LogP) is 3.12. The van der Waals surface area contributed by atoms with Gasteiger partial charge in [0.1, 0.15) is 0 Å². The van der Waals surface area contributed by atoms with Gasteiger partial charge in [-0.25, -0.2) is 0 Å².